The van der Waals surface area contributed by atoms with Crippen molar-refractivity contribution in [2.24, 2.45) is 5.73 Å². The maximum absolute atomic E-state index is 14.2. The second-order valence-electron chi connectivity index (χ2n) is 5.27. The van der Waals surface area contributed by atoms with Crippen molar-refractivity contribution in [3.8, 4) is 0 Å². The molecule has 2 aromatic carbocycles. The molecule has 0 bridgehead atoms. The van der Waals surface area contributed by atoms with Crippen LogP contribution in [-0.4, -0.2) is 20.2 Å². The van der Waals surface area contributed by atoms with E-state index in [9.17, 15) is 22.0 Å². The molecular formula is C16H16F2N2O3S. The van der Waals surface area contributed by atoms with E-state index in [-0.39, 0.29) is 10.5 Å². The van der Waals surface area contributed by atoms with Gasteiger partial charge in [0.2, 0.25) is 10.0 Å². The Morgan fingerprint density at radius 1 is 1.08 bits per heavy atom. The van der Waals surface area contributed by atoms with E-state index >= 15 is 0 Å². The quantitative estimate of drug-likeness (QED) is 0.833. The molecule has 0 aliphatic heterocycles. The summed E-state index contributed by atoms with van der Waals surface area (Å²) in [6, 6.07) is 10.6. The number of hydrogen-bond donors (Lipinski definition) is 2. The molecule has 0 aromatic heterocycles. The number of sulfonamides is 1. The molecule has 3 N–H and O–H groups in total. The molecule has 0 heterocycles. The Bertz CT molecular complexity index is 822. The van der Waals surface area contributed by atoms with E-state index in [1.165, 1.54) is 48.5 Å². The number of primary amides is 1. The fourth-order valence-electron chi connectivity index (χ4n) is 2.08. The minimum atomic E-state index is -4.28. The zero-order chi connectivity index (χ0) is 18.0. The van der Waals surface area contributed by atoms with Gasteiger partial charge in [-0.15, -0.1) is 0 Å². The van der Waals surface area contributed by atoms with Crippen LogP contribution < -0.4 is 10.5 Å². The van der Waals surface area contributed by atoms with E-state index in [1.807, 2.05) is 4.72 Å². The van der Waals surface area contributed by atoms with Crippen LogP contribution in [0, 0.1) is 6.92 Å². The van der Waals surface area contributed by atoms with Crippen LogP contribution in [0.2, 0.25) is 0 Å². The van der Waals surface area contributed by atoms with Crippen LogP contribution in [0.5, 0.6) is 0 Å². The molecule has 24 heavy (non-hydrogen) atoms. The van der Waals surface area contributed by atoms with Gasteiger partial charge < -0.3 is 5.73 Å². The van der Waals surface area contributed by atoms with Gasteiger partial charge in [0.1, 0.15) is 6.04 Å². The Hall–Kier alpha value is -2.32. The second-order valence-corrected chi connectivity index (χ2v) is 6.98. The molecule has 0 aliphatic rings. The van der Waals surface area contributed by atoms with E-state index in [2.05, 4.69) is 0 Å². The zero-order valence-electron chi connectivity index (χ0n) is 12.7. The summed E-state index contributed by atoms with van der Waals surface area (Å²) in [5.74, 6) is -6.01. The molecular weight excluding hydrogens is 338 g/mol. The Labute approximate surface area is 138 Å². The largest absolute Gasteiger partial charge is 0.364 e. The van der Waals surface area contributed by atoms with Crippen molar-refractivity contribution >= 4 is 15.9 Å². The van der Waals surface area contributed by atoms with E-state index < -0.39 is 27.9 Å². The number of nitrogens with two attached hydrogens (primary N) is 1. The molecule has 1 amide bonds. The van der Waals surface area contributed by atoms with Crippen molar-refractivity contribution in [3.05, 3.63) is 65.7 Å². The summed E-state index contributed by atoms with van der Waals surface area (Å²) in [6.45, 7) is 1.76. The third kappa shape index (κ3) is 3.77. The summed E-state index contributed by atoms with van der Waals surface area (Å²) in [5, 5.41) is 0. The standard InChI is InChI=1S/C16H16F2N2O3S/c1-11-7-9-13(10-8-11)24(22,23)20-14(16(17,18)15(19)21)12-5-3-2-4-6-12/h2-10,14,20H,1H3,(H2,19,21). The Balaban J connectivity index is 2.45. The lowest BCUT2D eigenvalue weighted by Crippen LogP contribution is -2.48. The summed E-state index contributed by atoms with van der Waals surface area (Å²) in [5.41, 5.74) is 5.51. The number of carbonyl (C=O) groups is 1. The van der Waals surface area contributed by atoms with Crippen molar-refractivity contribution in [3.63, 3.8) is 0 Å². The van der Waals surface area contributed by atoms with E-state index in [0.717, 1.165) is 5.56 Å². The molecule has 8 heteroatoms. The summed E-state index contributed by atoms with van der Waals surface area (Å²) in [6.07, 6.45) is 0. The van der Waals surface area contributed by atoms with Gasteiger partial charge in [-0.2, -0.15) is 13.5 Å². The zero-order valence-corrected chi connectivity index (χ0v) is 13.6. The van der Waals surface area contributed by atoms with Crippen LogP contribution in [0.1, 0.15) is 17.2 Å². The van der Waals surface area contributed by atoms with Gasteiger partial charge in [-0.3, -0.25) is 4.79 Å². The van der Waals surface area contributed by atoms with Crippen LogP contribution in [0.25, 0.3) is 0 Å². The monoisotopic (exact) mass is 354 g/mol. The van der Waals surface area contributed by atoms with Crippen molar-refractivity contribution in [1.29, 1.82) is 0 Å². The molecule has 0 fully saturated rings. The maximum atomic E-state index is 14.2. The topological polar surface area (TPSA) is 89.3 Å². The SMILES string of the molecule is Cc1ccc(S(=O)(=O)NC(c2ccccc2)C(F)(F)C(N)=O)cc1. The summed E-state index contributed by atoms with van der Waals surface area (Å²) in [4.78, 5) is 11.0. The number of rotatable bonds is 6. The fourth-order valence-corrected chi connectivity index (χ4v) is 3.30. The van der Waals surface area contributed by atoms with Gasteiger partial charge in [-0.1, -0.05) is 48.0 Å². The van der Waals surface area contributed by atoms with E-state index in [4.69, 9.17) is 5.73 Å². The molecule has 1 atom stereocenters. The van der Waals surface area contributed by atoms with E-state index in [1.54, 1.807) is 13.0 Å². The van der Waals surface area contributed by atoms with Crippen LogP contribution in [0.15, 0.2) is 59.5 Å². The van der Waals surface area contributed by atoms with Gasteiger partial charge in [0.05, 0.1) is 4.90 Å². The molecule has 0 saturated carbocycles. The normalized spacial score (nSPS) is 13.5. The highest BCUT2D eigenvalue weighted by molar-refractivity contribution is 7.89. The Morgan fingerprint density at radius 3 is 2.12 bits per heavy atom. The minimum absolute atomic E-state index is 0.0722. The number of benzene rings is 2. The maximum Gasteiger partial charge on any atom is 0.344 e. The number of hydrogen-bond acceptors (Lipinski definition) is 3. The van der Waals surface area contributed by atoms with Crippen molar-refractivity contribution in [2.45, 2.75) is 23.8 Å². The first kappa shape index (κ1) is 18.0. The minimum Gasteiger partial charge on any atom is -0.364 e. The van der Waals surface area contributed by atoms with Crippen LogP contribution in [0.4, 0.5) is 8.78 Å². The Kier molecular flexibility index (Phi) is 5.00. The number of alkyl halides is 2. The van der Waals surface area contributed by atoms with Gasteiger partial charge in [-0.05, 0) is 24.6 Å². The molecule has 0 radical (unpaired) electrons. The van der Waals surface area contributed by atoms with E-state index in [0.29, 0.717) is 0 Å². The summed E-state index contributed by atoms with van der Waals surface area (Å²) < 4.78 is 55.1. The average Bonchev–Trinajstić information content (AvgIpc) is 2.53. The molecule has 2 aromatic rings. The van der Waals surface area contributed by atoms with Crippen molar-refractivity contribution < 1.29 is 22.0 Å². The van der Waals surface area contributed by atoms with Crippen LogP contribution in [-0.2, 0) is 14.8 Å². The molecule has 0 spiro atoms. The third-order valence-electron chi connectivity index (χ3n) is 3.43. The molecule has 2 rings (SSSR count). The van der Waals surface area contributed by atoms with Crippen LogP contribution in [0.3, 0.4) is 0 Å². The average molecular weight is 354 g/mol. The second kappa shape index (κ2) is 6.66. The van der Waals surface area contributed by atoms with Gasteiger partial charge in [0.15, 0.2) is 0 Å². The van der Waals surface area contributed by atoms with Crippen LogP contribution >= 0.6 is 0 Å². The highest BCUT2D eigenvalue weighted by Crippen LogP contribution is 2.32. The molecule has 5 nitrogen and oxygen atoms in total. The number of carbonyl (C=O) groups excluding carboxylic acids is 1. The van der Waals surface area contributed by atoms with Crippen molar-refractivity contribution in [2.75, 3.05) is 0 Å². The van der Waals surface area contributed by atoms with Gasteiger partial charge >= 0.3 is 5.92 Å². The number of nitrogens with one attached hydrogen (secondary N) is 1. The first-order chi connectivity index (χ1) is 11.1. The highest BCUT2D eigenvalue weighted by atomic mass is 32.2. The molecule has 1 unspecified atom stereocenters. The van der Waals surface area contributed by atoms with Gasteiger partial charge in [0, 0.05) is 0 Å². The van der Waals surface area contributed by atoms with Gasteiger partial charge in [0.25, 0.3) is 5.91 Å². The lowest BCUT2D eigenvalue weighted by Gasteiger charge is -2.25. The third-order valence-corrected chi connectivity index (χ3v) is 4.87. The first-order valence-electron chi connectivity index (χ1n) is 6.96. The summed E-state index contributed by atoms with van der Waals surface area (Å²) >= 11 is 0. The predicted octanol–water partition coefficient (Wildman–Crippen LogP) is 2.14. The Morgan fingerprint density at radius 2 is 1.62 bits per heavy atom. The lowest BCUT2D eigenvalue weighted by atomic mass is 10.0. The molecule has 0 saturated heterocycles. The number of halogens is 2. The number of aryl methyl sites for hydroxylation is 1. The number of amides is 1. The first-order valence-corrected chi connectivity index (χ1v) is 8.44. The predicted molar refractivity (Wildman–Crippen MR) is 84.8 cm³/mol. The van der Waals surface area contributed by atoms with Crippen molar-refractivity contribution in [1.82, 2.24) is 4.72 Å². The van der Waals surface area contributed by atoms with Gasteiger partial charge in [-0.25, -0.2) is 8.42 Å². The highest BCUT2D eigenvalue weighted by Gasteiger charge is 2.48. The fraction of sp³-hybridized carbons (Fsp3) is 0.188. The molecule has 128 valence electrons. The summed E-state index contributed by atoms with van der Waals surface area (Å²) in [7, 11) is -4.28. The lowest BCUT2D eigenvalue weighted by molar-refractivity contribution is -0.145. The smallest absolute Gasteiger partial charge is 0.344 e. The molecule has 0 aliphatic carbocycles.